The van der Waals surface area contributed by atoms with Crippen molar-refractivity contribution in [3.8, 4) is 5.75 Å². The Morgan fingerprint density at radius 3 is 2.43 bits per heavy atom. The summed E-state index contributed by atoms with van der Waals surface area (Å²) in [5.74, 6) is 0.367. The molecule has 0 radical (unpaired) electrons. The van der Waals surface area contributed by atoms with E-state index in [1.54, 1.807) is 11.8 Å². The van der Waals surface area contributed by atoms with E-state index >= 15 is 0 Å². The Bertz CT molecular complexity index is 1780. The van der Waals surface area contributed by atoms with Crippen LogP contribution < -0.4 is 14.5 Å². The van der Waals surface area contributed by atoms with Crippen molar-refractivity contribution in [2.24, 2.45) is 29.6 Å². The second-order valence-corrected chi connectivity index (χ2v) is 14.9. The van der Waals surface area contributed by atoms with Gasteiger partial charge in [0.05, 0.1) is 22.5 Å². The van der Waals surface area contributed by atoms with Gasteiger partial charge >= 0.3 is 4.87 Å². The zero-order valence-corrected chi connectivity index (χ0v) is 25.9. The molecule has 0 spiro atoms. The number of aromatic amines is 1. The van der Waals surface area contributed by atoms with E-state index in [4.69, 9.17) is 4.74 Å². The molecule has 212 valence electrons. The van der Waals surface area contributed by atoms with Gasteiger partial charge in [0.25, 0.3) is 0 Å². The van der Waals surface area contributed by atoms with Crippen LogP contribution in [0.25, 0.3) is 0 Å². The first-order chi connectivity index (χ1) is 20.4. The number of carbonyl (C=O) groups is 2. The maximum absolute atomic E-state index is 13.9. The number of hydrogen-bond acceptors (Lipinski definition) is 6. The van der Waals surface area contributed by atoms with E-state index in [1.807, 2.05) is 42.5 Å². The molecule has 9 heteroatoms. The van der Waals surface area contributed by atoms with Gasteiger partial charge in [-0.1, -0.05) is 69.2 Å². The molecule has 3 fully saturated rings. The van der Waals surface area contributed by atoms with E-state index in [2.05, 4.69) is 58.2 Å². The number of halogens is 1. The van der Waals surface area contributed by atoms with Crippen molar-refractivity contribution in [2.45, 2.75) is 36.1 Å². The lowest BCUT2D eigenvalue weighted by Gasteiger charge is -2.43. The first kappa shape index (κ1) is 26.5. The number of hydrogen-bond donors (Lipinski definition) is 1. The van der Waals surface area contributed by atoms with E-state index in [0.717, 1.165) is 37.7 Å². The Morgan fingerprint density at radius 1 is 0.952 bits per heavy atom. The minimum atomic E-state index is -0.315. The summed E-state index contributed by atoms with van der Waals surface area (Å²) in [5.41, 5.74) is 4.08. The fourth-order valence-corrected chi connectivity index (χ4v) is 11.1. The van der Waals surface area contributed by atoms with Crippen molar-refractivity contribution in [1.29, 1.82) is 0 Å². The van der Waals surface area contributed by atoms with Crippen molar-refractivity contribution < 1.29 is 14.3 Å². The molecular weight excluding hydrogens is 632 g/mol. The highest BCUT2D eigenvalue weighted by Gasteiger charge is 2.69. The number of aryl methyl sites for hydroxylation is 1. The van der Waals surface area contributed by atoms with Crippen LogP contribution in [0.15, 0.2) is 87.1 Å². The second kappa shape index (κ2) is 9.96. The molecule has 1 N–H and O–H groups in total. The average molecular weight is 660 g/mol. The Balaban J connectivity index is 1.11. The molecule has 2 aliphatic carbocycles. The number of carbonyl (C=O) groups excluding carboxylic acids is 2. The van der Waals surface area contributed by atoms with Crippen molar-refractivity contribution >= 4 is 56.5 Å². The second-order valence-electron chi connectivity index (χ2n) is 11.8. The molecule has 8 rings (SSSR count). The number of ether oxygens (including phenoxy) is 1. The summed E-state index contributed by atoms with van der Waals surface area (Å²) in [7, 11) is 0. The zero-order chi connectivity index (χ0) is 28.7. The summed E-state index contributed by atoms with van der Waals surface area (Å²) in [6.07, 6.45) is 0.872. The van der Waals surface area contributed by atoms with Gasteiger partial charge in [-0.05, 0) is 78.6 Å². The van der Waals surface area contributed by atoms with E-state index in [0.29, 0.717) is 12.3 Å². The lowest BCUT2D eigenvalue weighted by atomic mass is 9.68. The van der Waals surface area contributed by atoms with Crippen molar-refractivity contribution in [1.82, 2.24) is 4.98 Å². The van der Waals surface area contributed by atoms with E-state index in [1.165, 1.54) is 21.8 Å². The summed E-state index contributed by atoms with van der Waals surface area (Å²) < 4.78 is 7.00. The number of fused-ring (bicyclic) bond motifs is 9. The molecule has 6 nitrogen and oxygen atoms in total. The molecular formula is C33H27BrN2O4S2. The highest BCUT2D eigenvalue weighted by molar-refractivity contribution is 9.10. The number of thiazole rings is 1. The van der Waals surface area contributed by atoms with Gasteiger partial charge in [-0.3, -0.25) is 19.3 Å². The Morgan fingerprint density at radius 2 is 1.69 bits per heavy atom. The number of imide groups is 1. The molecule has 7 atom stereocenters. The number of thioether (sulfide) groups is 1. The van der Waals surface area contributed by atoms with Gasteiger partial charge in [0.15, 0.2) is 0 Å². The number of benzene rings is 3. The number of nitrogens with zero attached hydrogens (tertiary/aromatic N) is 1. The van der Waals surface area contributed by atoms with Crippen LogP contribution >= 0.6 is 39.0 Å². The molecule has 5 unspecified atom stereocenters. The summed E-state index contributed by atoms with van der Waals surface area (Å²) in [6.45, 7) is 2.57. The molecule has 2 amide bonds. The van der Waals surface area contributed by atoms with Crippen LogP contribution in [0.5, 0.6) is 5.75 Å². The largest absolute Gasteiger partial charge is 0.489 e. The van der Waals surface area contributed by atoms with E-state index < -0.39 is 0 Å². The van der Waals surface area contributed by atoms with Gasteiger partial charge in [-0.15, -0.1) is 11.8 Å². The predicted octanol–water partition coefficient (Wildman–Crippen LogP) is 6.76. The standard InChI is InChI=1S/C33H27BrN2O4S2/c1-16-3-2-4-17(13-16)15-40-21-11-5-18(6-12-21)24-25-22-14-23(28(25)41-30-29(24)42-33(39)35-30)27-26(22)31(37)36(32(27)38)20-9-7-19(34)8-10-20/h2-13,22-28H,14-15H2,1H3,(H,35,39)/t22-,23-,24?,25?,26?,27?,28?/m1/s1. The minimum Gasteiger partial charge on any atom is -0.489 e. The Kier molecular flexibility index (Phi) is 6.28. The normalized spacial score (nSPS) is 29.0. The maximum Gasteiger partial charge on any atom is 0.305 e. The van der Waals surface area contributed by atoms with Crippen LogP contribution in [-0.4, -0.2) is 22.0 Å². The summed E-state index contributed by atoms with van der Waals surface area (Å²) in [4.78, 5) is 45.8. The molecule has 3 heterocycles. The maximum atomic E-state index is 13.9. The Labute approximate surface area is 259 Å². The van der Waals surface area contributed by atoms with Gasteiger partial charge in [0.2, 0.25) is 11.8 Å². The third-order valence-electron chi connectivity index (χ3n) is 9.54. The minimum absolute atomic E-state index is 0.0124. The fourth-order valence-electron chi connectivity index (χ4n) is 7.97. The molecule has 1 aromatic heterocycles. The molecule has 3 aromatic carbocycles. The number of aromatic nitrogens is 1. The molecule has 2 aliphatic heterocycles. The third kappa shape index (κ3) is 4.07. The highest BCUT2D eigenvalue weighted by Crippen LogP contribution is 2.68. The molecule has 4 aliphatic rings. The monoisotopic (exact) mass is 658 g/mol. The van der Waals surface area contributed by atoms with Crippen LogP contribution in [0.4, 0.5) is 5.69 Å². The smallest absolute Gasteiger partial charge is 0.305 e. The van der Waals surface area contributed by atoms with E-state index in [9.17, 15) is 14.4 Å². The third-order valence-corrected chi connectivity index (χ3v) is 12.7. The van der Waals surface area contributed by atoms with Gasteiger partial charge in [0, 0.05) is 20.5 Å². The first-order valence-corrected chi connectivity index (χ1v) is 16.7. The van der Waals surface area contributed by atoms with Gasteiger partial charge in [-0.2, -0.15) is 0 Å². The van der Waals surface area contributed by atoms with Crippen molar-refractivity contribution in [2.75, 3.05) is 4.90 Å². The average Bonchev–Trinajstić information content (AvgIpc) is 3.72. The van der Waals surface area contributed by atoms with Gasteiger partial charge in [0.1, 0.15) is 12.4 Å². The topological polar surface area (TPSA) is 79.5 Å². The van der Waals surface area contributed by atoms with Crippen LogP contribution in [-0.2, 0) is 16.2 Å². The quantitative estimate of drug-likeness (QED) is 0.240. The molecule has 2 saturated carbocycles. The van der Waals surface area contributed by atoms with Crippen molar-refractivity contribution in [3.05, 3.63) is 109 Å². The van der Waals surface area contributed by atoms with Crippen LogP contribution in [0.2, 0.25) is 0 Å². The SMILES string of the molecule is Cc1cccc(COc2ccc(C3c4sc(=O)[nH]c4SC4C3[C@H]3C[C@@H]4C4C(=O)N(c5ccc(Br)cc5)C(=O)C43)cc2)c1. The summed E-state index contributed by atoms with van der Waals surface area (Å²) in [6, 6.07) is 23.9. The van der Waals surface area contributed by atoms with Crippen LogP contribution in [0.3, 0.4) is 0 Å². The molecule has 1 saturated heterocycles. The van der Waals surface area contributed by atoms with Gasteiger partial charge < -0.3 is 9.72 Å². The van der Waals surface area contributed by atoms with Gasteiger partial charge in [-0.25, -0.2) is 0 Å². The number of H-pyrrole nitrogens is 1. The molecule has 42 heavy (non-hydrogen) atoms. The molecule has 4 aromatic rings. The Hall–Kier alpha value is -3.14. The summed E-state index contributed by atoms with van der Waals surface area (Å²) >= 11 is 6.44. The van der Waals surface area contributed by atoms with Crippen molar-refractivity contribution in [3.63, 3.8) is 0 Å². The molecule has 2 bridgehead atoms. The lowest BCUT2D eigenvalue weighted by molar-refractivity contribution is -0.123. The predicted molar refractivity (Wildman–Crippen MR) is 167 cm³/mol. The first-order valence-electron chi connectivity index (χ1n) is 14.2. The number of anilines is 1. The van der Waals surface area contributed by atoms with Crippen LogP contribution in [0.1, 0.15) is 33.9 Å². The number of nitrogens with one attached hydrogen (secondary N) is 1. The fraction of sp³-hybridized carbons (Fsp3) is 0.303. The van der Waals surface area contributed by atoms with Crippen LogP contribution in [0, 0.1) is 36.5 Å². The lowest BCUT2D eigenvalue weighted by Crippen LogP contribution is -2.42. The summed E-state index contributed by atoms with van der Waals surface area (Å²) in [5, 5.41) is 1.08. The number of amides is 2. The van der Waals surface area contributed by atoms with E-state index in [-0.39, 0.29) is 57.4 Å². The highest BCUT2D eigenvalue weighted by atomic mass is 79.9. The zero-order valence-electron chi connectivity index (χ0n) is 22.7. The number of rotatable bonds is 5.